The third-order valence-corrected chi connectivity index (χ3v) is 7.65. The fraction of sp³-hybridized carbons (Fsp3) is 0.680. The molecule has 0 bridgehead atoms. The number of carbonyl (C=O) groups is 2. The zero-order valence-corrected chi connectivity index (χ0v) is 20.4. The molecule has 2 atom stereocenters. The highest BCUT2D eigenvalue weighted by Gasteiger charge is 2.38. The van der Waals surface area contributed by atoms with Crippen molar-refractivity contribution in [3.63, 3.8) is 0 Å². The van der Waals surface area contributed by atoms with E-state index in [9.17, 15) is 14.7 Å². The van der Waals surface area contributed by atoms with Crippen LogP contribution in [0.1, 0.15) is 70.8 Å². The van der Waals surface area contributed by atoms with Crippen LogP contribution in [-0.4, -0.2) is 58.9 Å². The molecular formula is C25H40ClN3O3. The third kappa shape index (κ3) is 6.61. The number of hydrogen-bond acceptors (Lipinski definition) is 4. The van der Waals surface area contributed by atoms with Crippen LogP contribution in [-0.2, 0) is 15.0 Å². The Hall–Kier alpha value is -1.79. The lowest BCUT2D eigenvalue weighted by molar-refractivity contribution is -0.136. The van der Waals surface area contributed by atoms with Crippen molar-refractivity contribution >= 4 is 24.2 Å². The lowest BCUT2D eigenvalue weighted by Crippen LogP contribution is -2.51. The summed E-state index contributed by atoms with van der Waals surface area (Å²) >= 11 is 0. The average Bonchev–Trinajstić information content (AvgIpc) is 2.75. The van der Waals surface area contributed by atoms with Crippen molar-refractivity contribution in [1.82, 2.24) is 9.80 Å². The van der Waals surface area contributed by atoms with Gasteiger partial charge in [0.15, 0.2) is 0 Å². The Morgan fingerprint density at radius 3 is 2.56 bits per heavy atom. The van der Waals surface area contributed by atoms with E-state index in [4.69, 9.17) is 5.73 Å². The molecule has 3 N–H and O–H groups in total. The number of rotatable bonds is 8. The van der Waals surface area contributed by atoms with Crippen molar-refractivity contribution in [2.75, 3.05) is 26.2 Å². The molecule has 1 aromatic carbocycles. The summed E-state index contributed by atoms with van der Waals surface area (Å²) < 4.78 is 0. The molecule has 1 saturated heterocycles. The molecule has 6 nitrogen and oxygen atoms in total. The SMILES string of the molecule is CC1CN(CCN(C(=O)CCC(N)=O)C2CCCCC2)CCC1(C)c1cccc(O)c1.Cl. The van der Waals surface area contributed by atoms with Gasteiger partial charge in [0, 0.05) is 38.5 Å². The lowest BCUT2D eigenvalue weighted by atomic mass is 9.68. The molecule has 3 rings (SSSR count). The third-order valence-electron chi connectivity index (χ3n) is 7.65. The summed E-state index contributed by atoms with van der Waals surface area (Å²) in [4.78, 5) is 28.6. The average molecular weight is 466 g/mol. The first-order valence-electron chi connectivity index (χ1n) is 11.9. The van der Waals surface area contributed by atoms with E-state index in [-0.39, 0.29) is 36.6 Å². The van der Waals surface area contributed by atoms with E-state index in [2.05, 4.69) is 24.8 Å². The monoisotopic (exact) mass is 465 g/mol. The molecule has 0 radical (unpaired) electrons. The van der Waals surface area contributed by atoms with Crippen LogP contribution in [0.2, 0.25) is 0 Å². The van der Waals surface area contributed by atoms with E-state index in [1.54, 1.807) is 6.07 Å². The van der Waals surface area contributed by atoms with Crippen molar-refractivity contribution in [2.45, 2.75) is 76.7 Å². The standard InChI is InChI=1S/C25H39N3O3.ClH/c1-19-18-27(14-13-25(19,2)20-7-6-10-22(29)17-20)15-16-28(21-8-4-3-5-9-21)24(31)12-11-23(26)30;/h6-7,10,17,19,21,29H,3-5,8-9,11-16,18H2,1-2H3,(H2,26,30);1H. The minimum absolute atomic E-state index is 0. The number of piperidine rings is 1. The number of benzene rings is 1. The van der Waals surface area contributed by atoms with Crippen LogP contribution in [0.4, 0.5) is 0 Å². The van der Waals surface area contributed by atoms with Crippen molar-refractivity contribution in [2.24, 2.45) is 11.7 Å². The zero-order valence-electron chi connectivity index (χ0n) is 19.6. The molecule has 2 fully saturated rings. The quantitative estimate of drug-likeness (QED) is 0.610. The van der Waals surface area contributed by atoms with Crippen LogP contribution < -0.4 is 5.73 Å². The number of amides is 2. The van der Waals surface area contributed by atoms with Gasteiger partial charge < -0.3 is 20.6 Å². The Kier molecular flexibility index (Phi) is 9.83. The number of hydrogen-bond donors (Lipinski definition) is 2. The summed E-state index contributed by atoms with van der Waals surface area (Å²) in [5.74, 6) is 0.427. The molecule has 2 unspecified atom stereocenters. The van der Waals surface area contributed by atoms with Crippen LogP contribution in [0, 0.1) is 5.92 Å². The van der Waals surface area contributed by atoms with Gasteiger partial charge in [0.1, 0.15) is 5.75 Å². The van der Waals surface area contributed by atoms with Crippen LogP contribution in [0.15, 0.2) is 24.3 Å². The second-order valence-corrected chi connectivity index (χ2v) is 9.76. The number of aromatic hydroxyl groups is 1. The summed E-state index contributed by atoms with van der Waals surface area (Å²) in [5, 5.41) is 9.92. The van der Waals surface area contributed by atoms with Crippen LogP contribution >= 0.6 is 12.4 Å². The van der Waals surface area contributed by atoms with Crippen molar-refractivity contribution < 1.29 is 14.7 Å². The Morgan fingerprint density at radius 1 is 1.22 bits per heavy atom. The number of nitrogens with zero attached hydrogens (tertiary/aromatic N) is 2. The Bertz CT molecular complexity index is 769. The Balaban J connectivity index is 0.00000363. The van der Waals surface area contributed by atoms with Gasteiger partial charge in [-0.05, 0) is 54.8 Å². The predicted octanol–water partition coefficient (Wildman–Crippen LogP) is 3.84. The molecule has 1 heterocycles. The van der Waals surface area contributed by atoms with Crippen LogP contribution in [0.25, 0.3) is 0 Å². The highest BCUT2D eigenvalue weighted by Crippen LogP contribution is 2.40. The minimum Gasteiger partial charge on any atom is -0.508 e. The summed E-state index contributed by atoms with van der Waals surface area (Å²) in [6.07, 6.45) is 7.10. The van der Waals surface area contributed by atoms with E-state index < -0.39 is 5.91 Å². The topological polar surface area (TPSA) is 86.9 Å². The highest BCUT2D eigenvalue weighted by molar-refractivity contribution is 5.85. The van der Waals surface area contributed by atoms with Gasteiger partial charge in [-0.25, -0.2) is 0 Å². The van der Waals surface area contributed by atoms with Crippen LogP contribution in [0.5, 0.6) is 5.75 Å². The van der Waals surface area contributed by atoms with Gasteiger partial charge in [-0.2, -0.15) is 0 Å². The van der Waals surface area contributed by atoms with Gasteiger partial charge >= 0.3 is 0 Å². The van der Waals surface area contributed by atoms with Gasteiger partial charge in [-0.15, -0.1) is 12.4 Å². The summed E-state index contributed by atoms with van der Waals surface area (Å²) in [6.45, 7) is 8.11. The van der Waals surface area contributed by atoms with Gasteiger partial charge in [-0.1, -0.05) is 45.2 Å². The molecule has 1 aliphatic heterocycles. The van der Waals surface area contributed by atoms with E-state index in [0.717, 1.165) is 45.4 Å². The van der Waals surface area contributed by atoms with E-state index in [0.29, 0.717) is 17.7 Å². The molecule has 7 heteroatoms. The molecule has 0 spiro atoms. The molecule has 1 saturated carbocycles. The maximum absolute atomic E-state index is 12.9. The van der Waals surface area contributed by atoms with Crippen molar-refractivity contribution in [1.29, 1.82) is 0 Å². The number of halogens is 1. The maximum Gasteiger partial charge on any atom is 0.223 e. The first-order chi connectivity index (χ1) is 14.8. The molecule has 180 valence electrons. The van der Waals surface area contributed by atoms with Crippen molar-refractivity contribution in [3.05, 3.63) is 29.8 Å². The Morgan fingerprint density at radius 2 is 1.94 bits per heavy atom. The molecule has 32 heavy (non-hydrogen) atoms. The molecule has 0 aromatic heterocycles. The number of carbonyl (C=O) groups excluding carboxylic acids is 2. The second-order valence-electron chi connectivity index (χ2n) is 9.76. The molecular weight excluding hydrogens is 426 g/mol. The Labute approximate surface area is 198 Å². The lowest BCUT2D eigenvalue weighted by Gasteiger charge is -2.46. The molecule has 2 aliphatic rings. The number of nitrogens with two attached hydrogens (primary N) is 1. The maximum atomic E-state index is 12.9. The number of primary amides is 1. The van der Waals surface area contributed by atoms with Gasteiger partial charge in [0.25, 0.3) is 0 Å². The predicted molar refractivity (Wildman–Crippen MR) is 130 cm³/mol. The highest BCUT2D eigenvalue weighted by atomic mass is 35.5. The molecule has 2 amide bonds. The second kappa shape index (κ2) is 11.9. The van der Waals surface area contributed by atoms with Gasteiger partial charge in [-0.3, -0.25) is 9.59 Å². The fourth-order valence-electron chi connectivity index (χ4n) is 5.34. The summed E-state index contributed by atoms with van der Waals surface area (Å²) in [6, 6.07) is 7.97. The first-order valence-corrected chi connectivity index (χ1v) is 11.9. The largest absolute Gasteiger partial charge is 0.508 e. The van der Waals surface area contributed by atoms with E-state index in [1.165, 1.54) is 24.8 Å². The van der Waals surface area contributed by atoms with Crippen molar-refractivity contribution in [3.8, 4) is 5.75 Å². The number of phenols is 1. The smallest absolute Gasteiger partial charge is 0.223 e. The van der Waals surface area contributed by atoms with E-state index in [1.807, 2.05) is 17.0 Å². The van der Waals surface area contributed by atoms with Gasteiger partial charge in [0.2, 0.25) is 11.8 Å². The minimum atomic E-state index is -0.409. The first kappa shape index (κ1) is 26.5. The molecule has 1 aliphatic carbocycles. The zero-order chi connectivity index (χ0) is 22.4. The summed E-state index contributed by atoms with van der Waals surface area (Å²) in [7, 11) is 0. The van der Waals surface area contributed by atoms with Crippen LogP contribution in [0.3, 0.4) is 0 Å². The number of likely N-dealkylation sites (tertiary alicyclic amines) is 1. The normalized spacial score (nSPS) is 24.5. The van der Waals surface area contributed by atoms with E-state index >= 15 is 0 Å². The molecule has 1 aromatic rings. The fourth-order valence-corrected chi connectivity index (χ4v) is 5.34. The van der Waals surface area contributed by atoms with Gasteiger partial charge in [0.05, 0.1) is 0 Å². The summed E-state index contributed by atoms with van der Waals surface area (Å²) in [5.41, 5.74) is 6.51. The number of phenolic OH excluding ortho intramolecular Hbond substituents is 1.